The fourth-order valence-electron chi connectivity index (χ4n) is 1.60. The summed E-state index contributed by atoms with van der Waals surface area (Å²) in [6.07, 6.45) is 0. The SMILES string of the molecule is Clc1ccc(Cl)c(-c2nnc3ccc(Cl)nn23)c1. The molecule has 0 aliphatic rings. The van der Waals surface area contributed by atoms with E-state index in [1.807, 2.05) is 0 Å². The number of benzene rings is 1. The Bertz CT molecular complexity index is 738. The van der Waals surface area contributed by atoms with Crippen LogP contribution in [0.25, 0.3) is 17.0 Å². The Morgan fingerprint density at radius 3 is 2.61 bits per heavy atom. The maximum Gasteiger partial charge on any atom is 0.186 e. The van der Waals surface area contributed by atoms with Gasteiger partial charge in [0.1, 0.15) is 5.15 Å². The maximum atomic E-state index is 6.13. The van der Waals surface area contributed by atoms with Gasteiger partial charge in [0.05, 0.1) is 5.02 Å². The first-order valence-electron chi connectivity index (χ1n) is 4.98. The van der Waals surface area contributed by atoms with Crippen molar-refractivity contribution in [2.75, 3.05) is 0 Å². The first kappa shape index (κ1) is 11.7. The molecular formula is C11H5Cl3N4. The van der Waals surface area contributed by atoms with Gasteiger partial charge in [-0.05, 0) is 30.3 Å². The normalized spacial score (nSPS) is 11.1. The van der Waals surface area contributed by atoms with Gasteiger partial charge in [-0.2, -0.15) is 9.61 Å². The molecule has 0 saturated carbocycles. The summed E-state index contributed by atoms with van der Waals surface area (Å²) in [6, 6.07) is 8.49. The minimum absolute atomic E-state index is 0.349. The first-order chi connectivity index (χ1) is 8.65. The highest BCUT2D eigenvalue weighted by Crippen LogP contribution is 2.29. The molecule has 2 aromatic heterocycles. The van der Waals surface area contributed by atoms with Crippen molar-refractivity contribution >= 4 is 40.4 Å². The zero-order chi connectivity index (χ0) is 12.7. The third-order valence-corrected chi connectivity index (χ3v) is 3.17. The highest BCUT2D eigenvalue weighted by atomic mass is 35.5. The van der Waals surface area contributed by atoms with Crippen molar-refractivity contribution in [2.24, 2.45) is 0 Å². The summed E-state index contributed by atoms with van der Waals surface area (Å²) in [4.78, 5) is 0. The molecule has 4 nitrogen and oxygen atoms in total. The number of hydrogen-bond donors (Lipinski definition) is 0. The minimum atomic E-state index is 0.349. The molecule has 0 unspecified atom stereocenters. The Morgan fingerprint density at radius 1 is 0.944 bits per heavy atom. The van der Waals surface area contributed by atoms with Gasteiger partial charge in [-0.25, -0.2) is 0 Å². The van der Waals surface area contributed by atoms with Gasteiger partial charge in [-0.1, -0.05) is 34.8 Å². The molecule has 2 heterocycles. The summed E-state index contributed by atoms with van der Waals surface area (Å²) in [5, 5.41) is 13.6. The Hall–Kier alpha value is -1.36. The maximum absolute atomic E-state index is 6.13. The van der Waals surface area contributed by atoms with Gasteiger partial charge in [-0.3, -0.25) is 0 Å². The smallest absolute Gasteiger partial charge is 0.186 e. The lowest BCUT2D eigenvalue weighted by Crippen LogP contribution is -1.95. The van der Waals surface area contributed by atoms with Gasteiger partial charge in [-0.15, -0.1) is 10.2 Å². The predicted molar refractivity (Wildman–Crippen MR) is 71.2 cm³/mol. The van der Waals surface area contributed by atoms with E-state index < -0.39 is 0 Å². The summed E-state index contributed by atoms with van der Waals surface area (Å²) in [5.74, 6) is 0.500. The van der Waals surface area contributed by atoms with Crippen LogP contribution in [0.5, 0.6) is 0 Å². The average molecular weight is 300 g/mol. The summed E-state index contributed by atoms with van der Waals surface area (Å²) in [7, 11) is 0. The Balaban J connectivity index is 2.31. The highest BCUT2D eigenvalue weighted by Gasteiger charge is 2.13. The van der Waals surface area contributed by atoms with Crippen molar-refractivity contribution in [1.82, 2.24) is 19.8 Å². The summed E-state index contributed by atoms with van der Waals surface area (Å²) >= 11 is 17.9. The van der Waals surface area contributed by atoms with Crippen molar-refractivity contribution < 1.29 is 0 Å². The molecule has 0 aliphatic heterocycles. The van der Waals surface area contributed by atoms with E-state index in [1.54, 1.807) is 30.3 Å². The molecule has 0 amide bonds. The van der Waals surface area contributed by atoms with Crippen LogP contribution in [0.15, 0.2) is 30.3 Å². The van der Waals surface area contributed by atoms with Crippen LogP contribution in [0.4, 0.5) is 0 Å². The molecule has 0 radical (unpaired) electrons. The summed E-state index contributed by atoms with van der Waals surface area (Å²) in [6.45, 7) is 0. The zero-order valence-corrected chi connectivity index (χ0v) is 11.1. The lowest BCUT2D eigenvalue weighted by Gasteiger charge is -2.02. The van der Waals surface area contributed by atoms with E-state index in [9.17, 15) is 0 Å². The fourth-order valence-corrected chi connectivity index (χ4v) is 2.12. The van der Waals surface area contributed by atoms with Crippen molar-refractivity contribution in [2.45, 2.75) is 0 Å². The van der Waals surface area contributed by atoms with Gasteiger partial charge in [0.2, 0.25) is 0 Å². The van der Waals surface area contributed by atoms with E-state index >= 15 is 0 Å². The highest BCUT2D eigenvalue weighted by molar-refractivity contribution is 6.35. The van der Waals surface area contributed by atoms with E-state index in [2.05, 4.69) is 15.3 Å². The van der Waals surface area contributed by atoms with E-state index in [4.69, 9.17) is 34.8 Å². The lowest BCUT2D eigenvalue weighted by atomic mass is 10.2. The van der Waals surface area contributed by atoms with Crippen molar-refractivity contribution in [3.05, 3.63) is 45.5 Å². The fraction of sp³-hybridized carbons (Fsp3) is 0. The van der Waals surface area contributed by atoms with Gasteiger partial charge in [0.15, 0.2) is 11.5 Å². The molecule has 0 N–H and O–H groups in total. The first-order valence-corrected chi connectivity index (χ1v) is 6.12. The minimum Gasteiger partial charge on any atom is -0.191 e. The van der Waals surface area contributed by atoms with Crippen LogP contribution in [0.3, 0.4) is 0 Å². The molecule has 7 heteroatoms. The van der Waals surface area contributed by atoms with Crippen molar-refractivity contribution in [1.29, 1.82) is 0 Å². The summed E-state index contributed by atoms with van der Waals surface area (Å²) < 4.78 is 1.53. The second kappa shape index (κ2) is 4.39. The molecule has 3 aromatic rings. The van der Waals surface area contributed by atoms with Crippen LogP contribution in [0.2, 0.25) is 15.2 Å². The zero-order valence-electron chi connectivity index (χ0n) is 8.81. The average Bonchev–Trinajstić information content (AvgIpc) is 2.75. The van der Waals surface area contributed by atoms with E-state index in [0.29, 0.717) is 32.2 Å². The number of rotatable bonds is 1. The van der Waals surface area contributed by atoms with Gasteiger partial charge < -0.3 is 0 Å². The molecule has 0 spiro atoms. The molecule has 0 saturated heterocycles. The number of fused-ring (bicyclic) bond motifs is 1. The molecule has 90 valence electrons. The molecule has 0 aliphatic carbocycles. The van der Waals surface area contributed by atoms with Gasteiger partial charge >= 0.3 is 0 Å². The second-order valence-electron chi connectivity index (χ2n) is 3.57. The van der Waals surface area contributed by atoms with Crippen LogP contribution in [0, 0.1) is 0 Å². The number of nitrogens with zero attached hydrogens (tertiary/aromatic N) is 4. The monoisotopic (exact) mass is 298 g/mol. The topological polar surface area (TPSA) is 43.1 Å². The second-order valence-corrected chi connectivity index (χ2v) is 4.80. The van der Waals surface area contributed by atoms with Crippen molar-refractivity contribution in [3.63, 3.8) is 0 Å². The Labute approximate surface area is 117 Å². The van der Waals surface area contributed by atoms with Crippen molar-refractivity contribution in [3.8, 4) is 11.4 Å². The molecule has 0 fully saturated rings. The molecule has 0 bridgehead atoms. The van der Waals surface area contributed by atoms with E-state index in [1.165, 1.54) is 4.52 Å². The molecule has 3 rings (SSSR count). The summed E-state index contributed by atoms with van der Waals surface area (Å²) in [5.41, 5.74) is 1.25. The van der Waals surface area contributed by atoms with Crippen LogP contribution >= 0.6 is 34.8 Å². The van der Waals surface area contributed by atoms with Crippen LogP contribution < -0.4 is 0 Å². The molecule has 1 aromatic carbocycles. The van der Waals surface area contributed by atoms with Crippen LogP contribution in [0.1, 0.15) is 0 Å². The van der Waals surface area contributed by atoms with Gasteiger partial charge in [0.25, 0.3) is 0 Å². The lowest BCUT2D eigenvalue weighted by molar-refractivity contribution is 0.936. The quantitative estimate of drug-likeness (QED) is 0.687. The number of aromatic nitrogens is 4. The molecule has 18 heavy (non-hydrogen) atoms. The van der Waals surface area contributed by atoms with Crippen LogP contribution in [-0.2, 0) is 0 Å². The largest absolute Gasteiger partial charge is 0.191 e. The predicted octanol–water partition coefficient (Wildman–Crippen LogP) is 3.75. The van der Waals surface area contributed by atoms with E-state index in [0.717, 1.165) is 0 Å². The molecule has 0 atom stereocenters. The van der Waals surface area contributed by atoms with Gasteiger partial charge in [0, 0.05) is 10.6 Å². The Morgan fingerprint density at radius 2 is 1.78 bits per heavy atom. The number of hydrogen-bond acceptors (Lipinski definition) is 3. The third kappa shape index (κ3) is 1.92. The standard InChI is InChI=1S/C11H5Cl3N4/c12-6-1-2-8(13)7(5-6)11-16-15-10-4-3-9(14)17-18(10)11/h1-5H. The third-order valence-electron chi connectivity index (χ3n) is 2.40. The Kier molecular flexibility index (Phi) is 2.86. The van der Waals surface area contributed by atoms with Crippen LogP contribution in [-0.4, -0.2) is 19.8 Å². The molecular weight excluding hydrogens is 295 g/mol. The number of halogens is 3. The van der Waals surface area contributed by atoms with E-state index in [-0.39, 0.29) is 0 Å².